The van der Waals surface area contributed by atoms with E-state index in [2.05, 4.69) is 269 Å². The molecule has 12 aromatic rings. The third kappa shape index (κ3) is 6.94. The predicted molar refractivity (Wildman–Crippen MR) is 293 cm³/mol. The van der Waals surface area contributed by atoms with Crippen LogP contribution in [0.2, 0.25) is 0 Å². The lowest BCUT2D eigenvalue weighted by atomic mass is 9.85. The molecule has 0 saturated carbocycles. The molecule has 0 radical (unpaired) electrons. The van der Waals surface area contributed by atoms with Crippen molar-refractivity contribution in [2.45, 2.75) is 52.4 Å². The summed E-state index contributed by atoms with van der Waals surface area (Å²) >= 11 is 0. The van der Waals surface area contributed by atoms with Gasteiger partial charge in [-0.15, -0.1) is 0 Å². The number of fused-ring (bicyclic) bond motifs is 3. The van der Waals surface area contributed by atoms with E-state index in [0.29, 0.717) is 0 Å². The minimum absolute atomic E-state index is 0.0277. The molecule has 1 heterocycles. The molecule has 12 rings (SSSR count). The van der Waals surface area contributed by atoms with Crippen molar-refractivity contribution in [3.05, 3.63) is 230 Å². The third-order valence-corrected chi connectivity index (χ3v) is 14.3. The molecular formula is C66H54N2. The largest absolute Gasteiger partial charge is 0.309 e. The summed E-state index contributed by atoms with van der Waals surface area (Å²) in [6, 6.07) is 81.3. The van der Waals surface area contributed by atoms with Gasteiger partial charge in [-0.1, -0.05) is 205 Å². The number of benzene rings is 11. The highest BCUT2D eigenvalue weighted by Gasteiger charge is 2.25. The van der Waals surface area contributed by atoms with Crippen molar-refractivity contribution in [1.82, 2.24) is 4.57 Å². The highest BCUT2D eigenvalue weighted by Crippen LogP contribution is 2.48. The smallest absolute Gasteiger partial charge is 0.0541 e. The van der Waals surface area contributed by atoms with Crippen molar-refractivity contribution in [3.63, 3.8) is 0 Å². The van der Waals surface area contributed by atoms with E-state index >= 15 is 0 Å². The van der Waals surface area contributed by atoms with Crippen molar-refractivity contribution >= 4 is 71.2 Å². The lowest BCUT2D eigenvalue weighted by molar-refractivity contribution is 0.590. The van der Waals surface area contributed by atoms with Gasteiger partial charge in [0.15, 0.2) is 0 Å². The van der Waals surface area contributed by atoms with Gasteiger partial charge in [0.2, 0.25) is 0 Å². The Hall–Kier alpha value is -7.94. The Morgan fingerprint density at radius 2 is 0.838 bits per heavy atom. The van der Waals surface area contributed by atoms with Gasteiger partial charge in [0.05, 0.1) is 28.1 Å². The Bertz CT molecular complexity index is 3770. The van der Waals surface area contributed by atoms with Crippen molar-refractivity contribution in [1.29, 1.82) is 0 Å². The standard InChI is InChI=1S/C66H54N2/c1-65(2,3)50-32-38-61-56(41-50)57-42-51(66(4,5)6)33-39-62(57)68(61)60-37-31-48-28-34-54-59(36-30-47-29-35-55(60)64(48)63(47)54)67(58-23-14-13-22-53(58)46-18-11-8-12-19-46)52-21-15-20-49(40-52)45-26-24-44(25-27-45)43-16-9-7-10-17-43/h7-42H,1-6H3. The van der Waals surface area contributed by atoms with Crippen LogP contribution >= 0.6 is 0 Å². The van der Waals surface area contributed by atoms with E-state index in [4.69, 9.17) is 0 Å². The van der Waals surface area contributed by atoms with Crippen LogP contribution in [0.5, 0.6) is 0 Å². The number of hydrogen-bond acceptors (Lipinski definition) is 1. The second kappa shape index (κ2) is 15.9. The Labute approximate surface area is 399 Å². The maximum atomic E-state index is 2.52. The summed E-state index contributed by atoms with van der Waals surface area (Å²) in [7, 11) is 0. The van der Waals surface area contributed by atoms with Gasteiger partial charge in [-0.2, -0.15) is 0 Å². The first-order valence-corrected chi connectivity index (χ1v) is 24.0. The Morgan fingerprint density at radius 1 is 0.338 bits per heavy atom. The molecule has 2 nitrogen and oxygen atoms in total. The summed E-state index contributed by atoms with van der Waals surface area (Å²) in [6.07, 6.45) is 0. The maximum absolute atomic E-state index is 2.52. The number of rotatable bonds is 7. The molecule has 0 aliphatic rings. The molecule has 0 aliphatic heterocycles. The van der Waals surface area contributed by atoms with E-state index in [9.17, 15) is 0 Å². The van der Waals surface area contributed by atoms with Crippen LogP contribution in [-0.4, -0.2) is 4.57 Å². The lowest BCUT2D eigenvalue weighted by Crippen LogP contribution is -2.12. The molecule has 68 heavy (non-hydrogen) atoms. The van der Waals surface area contributed by atoms with E-state index < -0.39 is 0 Å². The molecular weight excluding hydrogens is 821 g/mol. The number of hydrogen-bond donors (Lipinski definition) is 0. The van der Waals surface area contributed by atoms with Crippen LogP contribution in [0.25, 0.3) is 93.2 Å². The SMILES string of the molecule is CC(C)(C)c1ccc2c(c1)c1cc(C(C)(C)C)ccc1n2-c1ccc2ccc3c(N(c4cccc(-c5ccc(-c6ccccc6)cc5)c4)c4ccccc4-c4ccccc4)ccc4ccc1c2c43. The second-order valence-corrected chi connectivity index (χ2v) is 20.6. The fourth-order valence-electron chi connectivity index (χ4n) is 10.6. The molecule has 328 valence electrons. The second-order valence-electron chi connectivity index (χ2n) is 20.6. The Morgan fingerprint density at radius 3 is 1.47 bits per heavy atom. The molecule has 1 aromatic heterocycles. The zero-order valence-electron chi connectivity index (χ0n) is 39.7. The van der Waals surface area contributed by atoms with Crippen LogP contribution in [-0.2, 0) is 10.8 Å². The maximum Gasteiger partial charge on any atom is 0.0541 e. The number of aromatic nitrogens is 1. The number of nitrogens with zero attached hydrogens (tertiary/aromatic N) is 2. The van der Waals surface area contributed by atoms with Crippen LogP contribution in [0.3, 0.4) is 0 Å². The van der Waals surface area contributed by atoms with Crippen LogP contribution in [0.4, 0.5) is 17.1 Å². The molecule has 0 N–H and O–H groups in total. The summed E-state index contributed by atoms with van der Waals surface area (Å²) in [5.41, 5.74) is 16.9. The highest BCUT2D eigenvalue weighted by molar-refractivity contribution is 6.27. The molecule has 0 amide bonds. The zero-order valence-corrected chi connectivity index (χ0v) is 39.7. The normalized spacial score (nSPS) is 12.3. The zero-order chi connectivity index (χ0) is 46.3. The first kappa shape index (κ1) is 41.5. The van der Waals surface area contributed by atoms with E-state index in [1.807, 2.05) is 0 Å². The lowest BCUT2D eigenvalue weighted by Gasteiger charge is -2.30. The van der Waals surface area contributed by atoms with Crippen molar-refractivity contribution < 1.29 is 0 Å². The summed E-state index contributed by atoms with van der Waals surface area (Å²) in [5, 5.41) is 10.1. The first-order chi connectivity index (χ1) is 33.0. The van der Waals surface area contributed by atoms with E-state index in [1.54, 1.807) is 0 Å². The van der Waals surface area contributed by atoms with Gasteiger partial charge in [0.1, 0.15) is 0 Å². The minimum atomic E-state index is 0.0277. The summed E-state index contributed by atoms with van der Waals surface area (Å²) in [4.78, 5) is 2.49. The van der Waals surface area contributed by atoms with Gasteiger partial charge < -0.3 is 9.47 Å². The molecule has 0 atom stereocenters. The molecule has 2 heteroatoms. The van der Waals surface area contributed by atoms with E-state index in [0.717, 1.165) is 17.1 Å². The van der Waals surface area contributed by atoms with Crippen LogP contribution < -0.4 is 4.90 Å². The summed E-state index contributed by atoms with van der Waals surface area (Å²) in [5.74, 6) is 0. The number of para-hydroxylation sites is 1. The summed E-state index contributed by atoms with van der Waals surface area (Å²) < 4.78 is 2.52. The Balaban J connectivity index is 1.08. The molecule has 0 aliphatic carbocycles. The first-order valence-electron chi connectivity index (χ1n) is 24.0. The van der Waals surface area contributed by atoms with Gasteiger partial charge in [-0.05, 0) is 126 Å². The fourth-order valence-corrected chi connectivity index (χ4v) is 10.6. The highest BCUT2D eigenvalue weighted by atomic mass is 15.1. The van der Waals surface area contributed by atoms with Crippen molar-refractivity contribution in [2.24, 2.45) is 0 Å². The average molecular weight is 875 g/mol. The monoisotopic (exact) mass is 874 g/mol. The Kier molecular flexibility index (Phi) is 9.67. The van der Waals surface area contributed by atoms with Crippen LogP contribution in [0.15, 0.2) is 218 Å². The van der Waals surface area contributed by atoms with Crippen molar-refractivity contribution in [2.75, 3.05) is 4.90 Å². The number of anilines is 3. The van der Waals surface area contributed by atoms with Crippen LogP contribution in [0.1, 0.15) is 52.7 Å². The fraction of sp³-hybridized carbons (Fsp3) is 0.121. The quantitative estimate of drug-likeness (QED) is 0.145. The minimum Gasteiger partial charge on any atom is -0.309 e. The summed E-state index contributed by atoms with van der Waals surface area (Å²) in [6.45, 7) is 13.9. The third-order valence-electron chi connectivity index (χ3n) is 14.3. The molecule has 0 saturated heterocycles. The molecule has 0 fully saturated rings. The van der Waals surface area contributed by atoms with Gasteiger partial charge in [-0.3, -0.25) is 0 Å². The molecule has 0 spiro atoms. The van der Waals surface area contributed by atoms with E-state index in [-0.39, 0.29) is 10.8 Å². The van der Waals surface area contributed by atoms with Crippen LogP contribution in [0, 0.1) is 0 Å². The predicted octanol–water partition coefficient (Wildman–Crippen LogP) is 18.7. The van der Waals surface area contributed by atoms with Gasteiger partial charge >= 0.3 is 0 Å². The average Bonchev–Trinajstić information content (AvgIpc) is 3.69. The van der Waals surface area contributed by atoms with Crippen molar-refractivity contribution in [3.8, 4) is 39.1 Å². The molecule has 0 unspecified atom stereocenters. The van der Waals surface area contributed by atoms with E-state index in [1.165, 1.54) is 104 Å². The van der Waals surface area contributed by atoms with Gasteiger partial charge in [0, 0.05) is 32.8 Å². The molecule has 11 aromatic carbocycles. The molecule has 0 bridgehead atoms. The van der Waals surface area contributed by atoms with Gasteiger partial charge in [0.25, 0.3) is 0 Å². The van der Waals surface area contributed by atoms with Gasteiger partial charge in [-0.25, -0.2) is 0 Å². The topological polar surface area (TPSA) is 8.17 Å².